The lowest BCUT2D eigenvalue weighted by molar-refractivity contribution is 0.994. The van der Waals surface area contributed by atoms with E-state index >= 15 is 0 Å². The van der Waals surface area contributed by atoms with Gasteiger partial charge < -0.3 is 5.32 Å². The Hall–Kier alpha value is -2.42. The maximum absolute atomic E-state index is 12.3. The first-order valence-electron chi connectivity index (χ1n) is 8.47. The second-order valence-corrected chi connectivity index (χ2v) is 8.78. The first-order chi connectivity index (χ1) is 13.5. The van der Waals surface area contributed by atoms with Crippen molar-refractivity contribution < 1.29 is 0 Å². The van der Waals surface area contributed by atoms with Crippen molar-refractivity contribution in [2.75, 3.05) is 5.32 Å². The molecule has 0 atom stereocenters. The van der Waals surface area contributed by atoms with Gasteiger partial charge in [-0.05, 0) is 43.2 Å². The number of rotatable bonds is 5. The van der Waals surface area contributed by atoms with Gasteiger partial charge in [-0.15, -0.1) is 10.2 Å². The van der Waals surface area contributed by atoms with E-state index in [1.165, 1.54) is 23.1 Å². The second kappa shape index (κ2) is 7.90. The maximum Gasteiger partial charge on any atom is 0.258 e. The summed E-state index contributed by atoms with van der Waals surface area (Å²) in [6.45, 7) is 3.90. The number of halogens is 1. The van der Waals surface area contributed by atoms with Crippen LogP contribution in [0.5, 0.6) is 0 Å². The molecule has 0 saturated heterocycles. The molecule has 0 spiro atoms. The highest BCUT2D eigenvalue weighted by atomic mass is 35.5. The average Bonchev–Trinajstić information content (AvgIpc) is 3.12. The Balaban J connectivity index is 1.49. The summed E-state index contributed by atoms with van der Waals surface area (Å²) in [7, 11) is 0. The van der Waals surface area contributed by atoms with E-state index < -0.39 is 0 Å². The molecule has 0 saturated carbocycles. The Morgan fingerprint density at radius 1 is 1.21 bits per heavy atom. The molecule has 1 aromatic carbocycles. The number of thioether (sulfide) groups is 1. The Morgan fingerprint density at radius 3 is 2.93 bits per heavy atom. The minimum Gasteiger partial charge on any atom is -0.330 e. The van der Waals surface area contributed by atoms with Crippen LogP contribution < -0.4 is 10.9 Å². The van der Waals surface area contributed by atoms with Gasteiger partial charge in [0, 0.05) is 28.7 Å². The molecule has 3 heterocycles. The van der Waals surface area contributed by atoms with Crippen molar-refractivity contribution in [3.8, 4) is 0 Å². The molecule has 142 valence electrons. The monoisotopic (exact) mass is 429 g/mol. The number of hydrogen-bond donors (Lipinski definition) is 1. The van der Waals surface area contributed by atoms with E-state index in [9.17, 15) is 4.79 Å². The fraction of sp³-hybridized carbons (Fsp3) is 0.158. The Morgan fingerprint density at radius 2 is 2.07 bits per heavy atom. The molecule has 0 radical (unpaired) electrons. The fourth-order valence-corrected chi connectivity index (χ4v) is 4.53. The fourth-order valence-electron chi connectivity index (χ4n) is 2.70. The SMILES string of the molecule is Cc1c(Cl)cccc1Nc1nnc(SCc2cc(=O)n3cccc(C)c3n2)s1. The highest BCUT2D eigenvalue weighted by Gasteiger charge is 2.10. The molecule has 9 heteroatoms. The van der Waals surface area contributed by atoms with Crippen LogP contribution in [0.15, 0.2) is 51.7 Å². The molecule has 0 aliphatic carbocycles. The van der Waals surface area contributed by atoms with Gasteiger partial charge in [0.15, 0.2) is 4.34 Å². The highest BCUT2D eigenvalue weighted by molar-refractivity contribution is 8.00. The van der Waals surface area contributed by atoms with Crippen LogP contribution in [0.1, 0.15) is 16.8 Å². The molecule has 6 nitrogen and oxygen atoms in total. The summed E-state index contributed by atoms with van der Waals surface area (Å²) >= 11 is 9.11. The summed E-state index contributed by atoms with van der Waals surface area (Å²) in [5, 5.41) is 13.0. The molecule has 1 N–H and O–H groups in total. The van der Waals surface area contributed by atoms with E-state index in [0.29, 0.717) is 21.6 Å². The number of hydrogen-bond acceptors (Lipinski definition) is 7. The Bertz CT molecular complexity index is 1220. The molecule has 3 aromatic heterocycles. The third-order valence-corrected chi connectivity index (χ3v) is 6.61. The van der Waals surface area contributed by atoms with Gasteiger partial charge in [-0.2, -0.15) is 0 Å². The summed E-state index contributed by atoms with van der Waals surface area (Å²) in [5.41, 5.74) is 4.15. The van der Waals surface area contributed by atoms with Gasteiger partial charge in [0.1, 0.15) is 5.65 Å². The first-order valence-corrected chi connectivity index (χ1v) is 10.7. The summed E-state index contributed by atoms with van der Waals surface area (Å²) in [6, 6.07) is 11.0. The van der Waals surface area contributed by atoms with Crippen molar-refractivity contribution >= 4 is 51.2 Å². The molecule has 28 heavy (non-hydrogen) atoms. The Kier molecular flexibility index (Phi) is 5.34. The Labute approximate surface area is 174 Å². The van der Waals surface area contributed by atoms with Gasteiger partial charge in [-0.25, -0.2) is 4.98 Å². The molecular formula is C19H16ClN5OS2. The zero-order valence-corrected chi connectivity index (χ0v) is 17.5. The minimum atomic E-state index is -0.0830. The lowest BCUT2D eigenvalue weighted by Gasteiger charge is -2.07. The van der Waals surface area contributed by atoms with Crippen molar-refractivity contribution in [3.05, 3.63) is 74.8 Å². The van der Waals surface area contributed by atoms with Crippen LogP contribution in [-0.2, 0) is 5.75 Å². The number of benzene rings is 1. The van der Waals surface area contributed by atoms with Gasteiger partial charge in [-0.3, -0.25) is 9.20 Å². The van der Waals surface area contributed by atoms with E-state index in [-0.39, 0.29) is 5.56 Å². The van der Waals surface area contributed by atoms with Crippen LogP contribution in [0.25, 0.3) is 5.65 Å². The van der Waals surface area contributed by atoms with Crippen LogP contribution in [-0.4, -0.2) is 19.6 Å². The number of anilines is 2. The van der Waals surface area contributed by atoms with Gasteiger partial charge in [-0.1, -0.05) is 46.8 Å². The summed E-state index contributed by atoms with van der Waals surface area (Å²) in [6.07, 6.45) is 1.73. The normalized spacial score (nSPS) is 11.1. The lowest BCUT2D eigenvalue weighted by Crippen LogP contribution is -2.15. The van der Waals surface area contributed by atoms with E-state index in [2.05, 4.69) is 20.5 Å². The first kappa shape index (κ1) is 18.9. The highest BCUT2D eigenvalue weighted by Crippen LogP contribution is 2.31. The zero-order chi connectivity index (χ0) is 19.7. The van der Waals surface area contributed by atoms with Crippen molar-refractivity contribution in [1.29, 1.82) is 0 Å². The minimum absolute atomic E-state index is 0.0830. The smallest absolute Gasteiger partial charge is 0.258 e. The molecule has 0 amide bonds. The molecule has 0 aliphatic rings. The molecule has 0 aliphatic heterocycles. The molecule has 0 fully saturated rings. The molecule has 4 rings (SSSR count). The summed E-state index contributed by atoms with van der Waals surface area (Å²) in [5.74, 6) is 0.547. The third-order valence-electron chi connectivity index (χ3n) is 4.20. The number of aryl methyl sites for hydroxylation is 1. The molecule has 0 unspecified atom stereocenters. The average molecular weight is 430 g/mol. The number of nitrogens with zero attached hydrogens (tertiary/aromatic N) is 4. The van der Waals surface area contributed by atoms with Gasteiger partial charge >= 0.3 is 0 Å². The van der Waals surface area contributed by atoms with E-state index in [1.807, 2.05) is 44.2 Å². The lowest BCUT2D eigenvalue weighted by atomic mass is 10.2. The quantitative estimate of drug-likeness (QED) is 0.457. The number of aromatic nitrogens is 4. The second-order valence-electron chi connectivity index (χ2n) is 6.17. The van der Waals surface area contributed by atoms with Crippen molar-refractivity contribution in [2.24, 2.45) is 0 Å². The number of pyridine rings is 1. The standard InChI is InChI=1S/C19H16ClN5OS2/c1-11-5-4-8-25-16(26)9-13(21-17(11)25)10-27-19-24-23-18(28-19)22-15-7-3-6-14(20)12(15)2/h3-9H,10H2,1-2H3,(H,22,23). The van der Waals surface area contributed by atoms with E-state index in [1.54, 1.807) is 16.7 Å². The number of fused-ring (bicyclic) bond motifs is 1. The maximum atomic E-state index is 12.3. The van der Waals surface area contributed by atoms with Crippen molar-refractivity contribution in [1.82, 2.24) is 19.6 Å². The van der Waals surface area contributed by atoms with Crippen molar-refractivity contribution in [2.45, 2.75) is 23.9 Å². The van der Waals surface area contributed by atoms with E-state index in [4.69, 9.17) is 11.6 Å². The molecule has 0 bridgehead atoms. The summed E-state index contributed by atoms with van der Waals surface area (Å²) < 4.78 is 2.36. The predicted octanol–water partition coefficient (Wildman–Crippen LogP) is 4.85. The topological polar surface area (TPSA) is 72.2 Å². The van der Waals surface area contributed by atoms with Crippen LogP contribution in [0.2, 0.25) is 5.02 Å². The van der Waals surface area contributed by atoms with Gasteiger partial charge in [0.25, 0.3) is 5.56 Å². The van der Waals surface area contributed by atoms with Gasteiger partial charge in [0.2, 0.25) is 5.13 Å². The van der Waals surface area contributed by atoms with Crippen LogP contribution in [0.4, 0.5) is 10.8 Å². The van der Waals surface area contributed by atoms with E-state index in [0.717, 1.165) is 26.8 Å². The van der Waals surface area contributed by atoms with Crippen LogP contribution in [0, 0.1) is 13.8 Å². The van der Waals surface area contributed by atoms with Crippen LogP contribution in [0.3, 0.4) is 0 Å². The largest absolute Gasteiger partial charge is 0.330 e. The zero-order valence-electron chi connectivity index (χ0n) is 15.1. The summed E-state index contributed by atoms with van der Waals surface area (Å²) in [4.78, 5) is 16.9. The van der Waals surface area contributed by atoms with Gasteiger partial charge in [0.05, 0.1) is 5.69 Å². The molecular weight excluding hydrogens is 414 g/mol. The van der Waals surface area contributed by atoms with Crippen molar-refractivity contribution in [3.63, 3.8) is 0 Å². The third kappa shape index (κ3) is 3.89. The predicted molar refractivity (Wildman–Crippen MR) is 115 cm³/mol. The number of nitrogens with one attached hydrogen (secondary N) is 1. The van der Waals surface area contributed by atoms with Crippen LogP contribution >= 0.6 is 34.7 Å². The molecule has 4 aromatic rings.